The highest BCUT2D eigenvalue weighted by molar-refractivity contribution is 5.96. The Morgan fingerprint density at radius 1 is 1.20 bits per heavy atom. The molecule has 3 nitrogen and oxygen atoms in total. The van der Waals surface area contributed by atoms with Crippen LogP contribution in [-0.2, 0) is 11.0 Å². The van der Waals surface area contributed by atoms with Gasteiger partial charge in [-0.2, -0.15) is 13.2 Å². The molecule has 0 bridgehead atoms. The standard InChI is InChI=1S/C16H10F6N2O/c17-8-1-4-13(23-7-8)10-5-9(2-3-11(10)16(20,21)22)24-14(25)12-6-15(12,18)19/h1-5,7,12H,6H2,(H,24,25)/t12-/m1/s1. The largest absolute Gasteiger partial charge is 0.417 e. The minimum absolute atomic E-state index is 0.0816. The first-order chi connectivity index (χ1) is 11.6. The number of aromatic nitrogens is 1. The fourth-order valence-corrected chi connectivity index (χ4v) is 2.34. The maximum Gasteiger partial charge on any atom is 0.417 e. The van der Waals surface area contributed by atoms with Crippen LogP contribution in [0.3, 0.4) is 0 Å². The molecule has 132 valence electrons. The summed E-state index contributed by atoms with van der Waals surface area (Å²) in [5, 5.41) is 2.17. The van der Waals surface area contributed by atoms with E-state index in [1.807, 2.05) is 0 Å². The van der Waals surface area contributed by atoms with Gasteiger partial charge in [0.1, 0.15) is 11.7 Å². The maximum absolute atomic E-state index is 13.2. The molecule has 0 spiro atoms. The summed E-state index contributed by atoms with van der Waals surface area (Å²) in [5.41, 5.74) is -1.68. The second-order valence-electron chi connectivity index (χ2n) is 5.63. The molecule has 2 aromatic rings. The van der Waals surface area contributed by atoms with E-state index in [4.69, 9.17) is 0 Å². The number of halogens is 6. The summed E-state index contributed by atoms with van der Waals surface area (Å²) in [4.78, 5) is 15.3. The third-order valence-electron chi connectivity index (χ3n) is 3.74. The molecule has 25 heavy (non-hydrogen) atoms. The Kier molecular flexibility index (Phi) is 3.97. The fraction of sp³-hybridized carbons (Fsp3) is 0.250. The Labute approximate surface area is 137 Å². The number of carbonyl (C=O) groups excluding carboxylic acids is 1. The first-order valence-electron chi connectivity index (χ1n) is 7.10. The summed E-state index contributed by atoms with van der Waals surface area (Å²) in [5.74, 6) is -6.26. The molecule has 1 heterocycles. The van der Waals surface area contributed by atoms with E-state index in [1.54, 1.807) is 0 Å². The van der Waals surface area contributed by atoms with Gasteiger partial charge in [-0.05, 0) is 30.3 Å². The van der Waals surface area contributed by atoms with E-state index < -0.39 is 47.3 Å². The van der Waals surface area contributed by atoms with Crippen molar-refractivity contribution in [2.75, 3.05) is 5.32 Å². The molecular weight excluding hydrogens is 350 g/mol. The fourth-order valence-electron chi connectivity index (χ4n) is 2.34. The molecule has 1 aromatic carbocycles. The Bertz CT molecular complexity index is 816. The van der Waals surface area contributed by atoms with Crippen molar-refractivity contribution in [2.24, 2.45) is 5.92 Å². The van der Waals surface area contributed by atoms with E-state index in [0.717, 1.165) is 30.5 Å². The predicted octanol–water partition coefficient (Wildman–Crippen LogP) is 4.50. The van der Waals surface area contributed by atoms with Crippen molar-refractivity contribution in [3.63, 3.8) is 0 Å². The number of anilines is 1. The van der Waals surface area contributed by atoms with E-state index in [2.05, 4.69) is 10.3 Å². The van der Waals surface area contributed by atoms with Crippen molar-refractivity contribution in [1.29, 1.82) is 0 Å². The van der Waals surface area contributed by atoms with Gasteiger partial charge in [0.15, 0.2) is 0 Å². The first-order valence-corrected chi connectivity index (χ1v) is 7.10. The summed E-state index contributed by atoms with van der Waals surface area (Å²) < 4.78 is 78.2. The van der Waals surface area contributed by atoms with Gasteiger partial charge in [-0.1, -0.05) is 0 Å². The Balaban J connectivity index is 1.96. The average molecular weight is 360 g/mol. The molecule has 0 unspecified atom stereocenters. The number of hydrogen-bond donors (Lipinski definition) is 1. The lowest BCUT2D eigenvalue weighted by atomic mass is 10.0. The Morgan fingerprint density at radius 2 is 1.88 bits per heavy atom. The highest BCUT2D eigenvalue weighted by atomic mass is 19.4. The Morgan fingerprint density at radius 3 is 2.40 bits per heavy atom. The molecule has 1 aliphatic rings. The minimum atomic E-state index is -4.71. The molecule has 3 rings (SSSR count). The monoisotopic (exact) mass is 360 g/mol. The molecule has 9 heteroatoms. The third kappa shape index (κ3) is 3.59. The van der Waals surface area contributed by atoms with Crippen LogP contribution >= 0.6 is 0 Å². The van der Waals surface area contributed by atoms with Gasteiger partial charge in [0.05, 0.1) is 17.5 Å². The van der Waals surface area contributed by atoms with Gasteiger partial charge in [-0.25, -0.2) is 13.2 Å². The van der Waals surface area contributed by atoms with Crippen molar-refractivity contribution in [2.45, 2.75) is 18.5 Å². The SMILES string of the molecule is O=C(Nc1ccc(C(F)(F)F)c(-c2ccc(F)cn2)c1)[C@H]1CC1(F)F. The molecule has 1 amide bonds. The predicted molar refractivity (Wildman–Crippen MR) is 76.3 cm³/mol. The molecule has 0 aliphatic heterocycles. The molecular formula is C16H10F6N2O. The zero-order chi connectivity index (χ0) is 18.4. The lowest BCUT2D eigenvalue weighted by molar-refractivity contribution is -0.137. The number of amides is 1. The van der Waals surface area contributed by atoms with Gasteiger partial charge in [-0.3, -0.25) is 9.78 Å². The molecule has 0 radical (unpaired) electrons. The number of benzene rings is 1. The third-order valence-corrected chi connectivity index (χ3v) is 3.74. The van der Waals surface area contributed by atoms with Gasteiger partial charge in [-0.15, -0.1) is 0 Å². The topological polar surface area (TPSA) is 42.0 Å². The van der Waals surface area contributed by atoms with Crippen LogP contribution in [0.1, 0.15) is 12.0 Å². The van der Waals surface area contributed by atoms with Gasteiger partial charge < -0.3 is 5.32 Å². The number of nitrogens with one attached hydrogen (secondary N) is 1. The summed E-state index contributed by atoms with van der Waals surface area (Å²) >= 11 is 0. The van der Waals surface area contributed by atoms with E-state index in [0.29, 0.717) is 6.07 Å². The summed E-state index contributed by atoms with van der Waals surface area (Å²) in [7, 11) is 0. The number of alkyl halides is 5. The number of carbonyl (C=O) groups is 1. The van der Waals surface area contributed by atoms with Crippen LogP contribution in [0, 0.1) is 11.7 Å². The second kappa shape index (κ2) is 5.75. The van der Waals surface area contributed by atoms with Crippen molar-refractivity contribution < 1.29 is 31.1 Å². The molecule has 1 saturated carbocycles. The highest BCUT2D eigenvalue weighted by Crippen LogP contribution is 2.49. The normalized spacial score (nSPS) is 18.7. The number of rotatable bonds is 3. The summed E-state index contributed by atoms with van der Waals surface area (Å²) in [6, 6.07) is 4.65. The van der Waals surface area contributed by atoms with E-state index in [-0.39, 0.29) is 11.4 Å². The van der Waals surface area contributed by atoms with Crippen molar-refractivity contribution in [3.8, 4) is 11.3 Å². The average Bonchev–Trinajstić information content (AvgIpc) is 3.16. The zero-order valence-corrected chi connectivity index (χ0v) is 12.4. The summed E-state index contributed by atoms with van der Waals surface area (Å²) in [6.07, 6.45) is -4.55. The molecule has 0 saturated heterocycles. The number of nitrogens with zero attached hydrogens (tertiary/aromatic N) is 1. The quantitative estimate of drug-likeness (QED) is 0.819. The minimum Gasteiger partial charge on any atom is -0.326 e. The number of pyridine rings is 1. The van der Waals surface area contributed by atoms with E-state index >= 15 is 0 Å². The molecule has 1 atom stereocenters. The van der Waals surface area contributed by atoms with E-state index in [1.165, 1.54) is 0 Å². The Hall–Kier alpha value is -2.58. The van der Waals surface area contributed by atoms with Crippen molar-refractivity contribution in [3.05, 3.63) is 47.9 Å². The first kappa shape index (κ1) is 17.2. The van der Waals surface area contributed by atoms with E-state index in [9.17, 15) is 31.1 Å². The number of hydrogen-bond acceptors (Lipinski definition) is 2. The lowest BCUT2D eigenvalue weighted by Crippen LogP contribution is -2.18. The van der Waals surface area contributed by atoms with Crippen molar-refractivity contribution in [1.82, 2.24) is 4.98 Å². The van der Waals surface area contributed by atoms with Crippen LogP contribution in [0.25, 0.3) is 11.3 Å². The van der Waals surface area contributed by atoms with Crippen LogP contribution in [-0.4, -0.2) is 16.8 Å². The van der Waals surface area contributed by atoms with Crippen LogP contribution in [0.4, 0.5) is 32.0 Å². The highest BCUT2D eigenvalue weighted by Gasteiger charge is 2.61. The smallest absolute Gasteiger partial charge is 0.326 e. The van der Waals surface area contributed by atoms with Crippen LogP contribution in [0.15, 0.2) is 36.5 Å². The molecule has 1 fully saturated rings. The molecule has 1 N–H and O–H groups in total. The molecule has 1 aliphatic carbocycles. The lowest BCUT2D eigenvalue weighted by Gasteiger charge is -2.14. The zero-order valence-electron chi connectivity index (χ0n) is 12.4. The summed E-state index contributed by atoms with van der Waals surface area (Å²) in [6.45, 7) is 0. The van der Waals surface area contributed by atoms with Gasteiger partial charge in [0, 0.05) is 17.7 Å². The van der Waals surface area contributed by atoms with Crippen LogP contribution in [0.2, 0.25) is 0 Å². The van der Waals surface area contributed by atoms with Crippen molar-refractivity contribution >= 4 is 11.6 Å². The van der Waals surface area contributed by atoms with Gasteiger partial charge in [0.2, 0.25) is 5.91 Å². The van der Waals surface area contributed by atoms with Crippen LogP contribution in [0.5, 0.6) is 0 Å². The van der Waals surface area contributed by atoms with Gasteiger partial charge >= 0.3 is 6.18 Å². The second-order valence-corrected chi connectivity index (χ2v) is 5.63. The molecule has 1 aromatic heterocycles. The van der Waals surface area contributed by atoms with Gasteiger partial charge in [0.25, 0.3) is 5.92 Å². The maximum atomic E-state index is 13.2. The van der Waals surface area contributed by atoms with Crippen LogP contribution < -0.4 is 5.32 Å².